The van der Waals surface area contributed by atoms with Crippen molar-refractivity contribution in [1.82, 2.24) is 0 Å². The van der Waals surface area contributed by atoms with Crippen LogP contribution in [0.4, 0.5) is 0 Å². The molecule has 0 aliphatic heterocycles. The Morgan fingerprint density at radius 2 is 2.46 bits per heavy atom. The molecule has 0 N–H and O–H groups in total. The summed E-state index contributed by atoms with van der Waals surface area (Å²) >= 11 is 0. The topological polar surface area (TPSA) is 17.1 Å². The molecule has 0 spiro atoms. The van der Waals surface area contributed by atoms with Crippen molar-refractivity contribution >= 4 is 6.29 Å². The molecular formula is C12H18O. The highest BCUT2D eigenvalue weighted by Crippen LogP contribution is 2.22. The molecule has 0 heterocycles. The van der Waals surface area contributed by atoms with E-state index >= 15 is 0 Å². The average molecular weight is 178 g/mol. The molecule has 13 heavy (non-hydrogen) atoms. The first-order chi connectivity index (χ1) is 6.36. The number of carbonyl (C=O) groups excluding carboxylic acids is 1. The summed E-state index contributed by atoms with van der Waals surface area (Å²) in [7, 11) is 0. The van der Waals surface area contributed by atoms with Gasteiger partial charge in [0.2, 0.25) is 0 Å². The van der Waals surface area contributed by atoms with Crippen LogP contribution in [0.25, 0.3) is 0 Å². The highest BCUT2D eigenvalue weighted by molar-refractivity contribution is 5.50. The molecule has 1 nitrogen and oxygen atoms in total. The van der Waals surface area contributed by atoms with Crippen molar-refractivity contribution in [3.8, 4) is 0 Å². The minimum absolute atomic E-state index is 0.661. The number of allylic oxidation sites excluding steroid dienone is 4. The van der Waals surface area contributed by atoms with Crippen LogP contribution in [-0.4, -0.2) is 6.29 Å². The summed E-state index contributed by atoms with van der Waals surface area (Å²) in [5.41, 5.74) is 1.33. The molecule has 1 rings (SSSR count). The van der Waals surface area contributed by atoms with E-state index in [1.165, 1.54) is 24.8 Å². The van der Waals surface area contributed by atoms with E-state index in [2.05, 4.69) is 25.2 Å². The fraction of sp³-hybridized carbons (Fsp3) is 0.583. The van der Waals surface area contributed by atoms with E-state index < -0.39 is 0 Å². The molecule has 1 unspecified atom stereocenters. The van der Waals surface area contributed by atoms with Gasteiger partial charge >= 0.3 is 0 Å². The summed E-state index contributed by atoms with van der Waals surface area (Å²) in [5.74, 6) is 0.741. The quantitative estimate of drug-likeness (QED) is 0.590. The average Bonchev–Trinajstić information content (AvgIpc) is 2.17. The van der Waals surface area contributed by atoms with Crippen molar-refractivity contribution in [3.63, 3.8) is 0 Å². The fourth-order valence-electron chi connectivity index (χ4n) is 1.70. The summed E-state index contributed by atoms with van der Waals surface area (Å²) in [6, 6.07) is 0. The molecular weight excluding hydrogens is 160 g/mol. The smallest absolute Gasteiger partial charge is 0.120 e. The molecule has 1 atom stereocenters. The molecule has 0 fully saturated rings. The Labute approximate surface area is 80.5 Å². The van der Waals surface area contributed by atoms with Crippen LogP contribution in [-0.2, 0) is 4.79 Å². The van der Waals surface area contributed by atoms with Crippen molar-refractivity contribution in [2.24, 2.45) is 5.92 Å². The third-order valence-electron chi connectivity index (χ3n) is 2.48. The first-order valence-electron chi connectivity index (χ1n) is 5.17. The Morgan fingerprint density at radius 3 is 3.00 bits per heavy atom. The maximum Gasteiger partial charge on any atom is 0.120 e. The zero-order valence-corrected chi connectivity index (χ0v) is 8.33. The van der Waals surface area contributed by atoms with Crippen molar-refractivity contribution in [2.75, 3.05) is 0 Å². The van der Waals surface area contributed by atoms with E-state index in [-0.39, 0.29) is 0 Å². The van der Waals surface area contributed by atoms with Crippen LogP contribution >= 0.6 is 0 Å². The van der Waals surface area contributed by atoms with Crippen LogP contribution in [0, 0.1) is 5.92 Å². The SMILES string of the molecule is CCCC1C=CC(CCC=O)=CC1. The van der Waals surface area contributed by atoms with Gasteiger partial charge < -0.3 is 4.79 Å². The van der Waals surface area contributed by atoms with E-state index in [0.29, 0.717) is 6.42 Å². The maximum atomic E-state index is 10.2. The lowest BCUT2D eigenvalue weighted by Crippen LogP contribution is -1.99. The molecule has 0 saturated carbocycles. The van der Waals surface area contributed by atoms with Crippen LogP contribution in [0.5, 0.6) is 0 Å². The lowest BCUT2D eigenvalue weighted by Gasteiger charge is -2.14. The molecule has 1 aliphatic carbocycles. The van der Waals surface area contributed by atoms with Gasteiger partial charge in [-0.05, 0) is 25.2 Å². The van der Waals surface area contributed by atoms with E-state index in [9.17, 15) is 4.79 Å². The first kappa shape index (κ1) is 10.2. The van der Waals surface area contributed by atoms with Crippen molar-refractivity contribution in [2.45, 2.75) is 39.0 Å². The predicted molar refractivity (Wildman–Crippen MR) is 55.5 cm³/mol. The van der Waals surface area contributed by atoms with Gasteiger partial charge in [0.05, 0.1) is 0 Å². The molecule has 0 aromatic heterocycles. The van der Waals surface area contributed by atoms with Gasteiger partial charge in [0.25, 0.3) is 0 Å². The van der Waals surface area contributed by atoms with E-state index in [0.717, 1.165) is 18.6 Å². The number of carbonyl (C=O) groups is 1. The second-order valence-corrected chi connectivity index (χ2v) is 3.63. The van der Waals surface area contributed by atoms with Crippen molar-refractivity contribution in [1.29, 1.82) is 0 Å². The summed E-state index contributed by atoms with van der Waals surface area (Å²) in [4.78, 5) is 10.2. The second-order valence-electron chi connectivity index (χ2n) is 3.63. The lowest BCUT2D eigenvalue weighted by atomic mass is 9.92. The van der Waals surface area contributed by atoms with E-state index in [1.807, 2.05) is 0 Å². The molecule has 1 aliphatic rings. The Morgan fingerprint density at radius 1 is 1.62 bits per heavy atom. The van der Waals surface area contributed by atoms with Gasteiger partial charge in [0.15, 0.2) is 0 Å². The number of hydrogen-bond donors (Lipinski definition) is 0. The molecule has 0 aromatic carbocycles. The fourth-order valence-corrected chi connectivity index (χ4v) is 1.70. The highest BCUT2D eigenvalue weighted by atomic mass is 16.1. The standard InChI is InChI=1S/C12H18O/c1-2-4-11-6-8-12(9-7-11)5-3-10-13/h6,8-11H,2-5,7H2,1H3. The maximum absolute atomic E-state index is 10.2. The molecule has 0 radical (unpaired) electrons. The largest absolute Gasteiger partial charge is 0.303 e. The normalized spacial score (nSPS) is 21.3. The van der Waals surface area contributed by atoms with Crippen molar-refractivity contribution in [3.05, 3.63) is 23.8 Å². The van der Waals surface area contributed by atoms with Gasteiger partial charge in [-0.15, -0.1) is 0 Å². The summed E-state index contributed by atoms with van der Waals surface area (Å²) in [6.45, 7) is 2.22. The Hall–Kier alpha value is -0.850. The molecule has 1 heteroatoms. The van der Waals surface area contributed by atoms with Gasteiger partial charge in [0.1, 0.15) is 6.29 Å². The third kappa shape index (κ3) is 3.58. The molecule has 0 amide bonds. The Balaban J connectivity index is 2.31. The zero-order chi connectivity index (χ0) is 9.52. The van der Waals surface area contributed by atoms with Crippen LogP contribution in [0.2, 0.25) is 0 Å². The van der Waals surface area contributed by atoms with Gasteiger partial charge in [-0.25, -0.2) is 0 Å². The molecule has 72 valence electrons. The van der Waals surface area contributed by atoms with Gasteiger partial charge in [-0.1, -0.05) is 37.1 Å². The molecule has 0 bridgehead atoms. The Bertz CT molecular complexity index is 213. The monoisotopic (exact) mass is 178 g/mol. The second kappa shape index (κ2) is 5.74. The van der Waals surface area contributed by atoms with Crippen LogP contribution < -0.4 is 0 Å². The van der Waals surface area contributed by atoms with Crippen molar-refractivity contribution < 1.29 is 4.79 Å². The van der Waals surface area contributed by atoms with Crippen LogP contribution in [0.3, 0.4) is 0 Å². The molecule has 0 saturated heterocycles. The Kier molecular flexibility index (Phi) is 4.52. The zero-order valence-electron chi connectivity index (χ0n) is 8.33. The predicted octanol–water partition coefficient (Wildman–Crippen LogP) is 3.27. The highest BCUT2D eigenvalue weighted by Gasteiger charge is 2.06. The summed E-state index contributed by atoms with van der Waals surface area (Å²) in [5, 5.41) is 0. The minimum Gasteiger partial charge on any atom is -0.303 e. The minimum atomic E-state index is 0.661. The number of rotatable bonds is 5. The van der Waals surface area contributed by atoms with E-state index in [4.69, 9.17) is 0 Å². The molecule has 0 aromatic rings. The summed E-state index contributed by atoms with van der Waals surface area (Å²) in [6.07, 6.45) is 13.0. The van der Waals surface area contributed by atoms with Crippen LogP contribution in [0.15, 0.2) is 23.8 Å². The van der Waals surface area contributed by atoms with Gasteiger partial charge in [0, 0.05) is 6.42 Å². The van der Waals surface area contributed by atoms with Crippen LogP contribution in [0.1, 0.15) is 39.0 Å². The lowest BCUT2D eigenvalue weighted by molar-refractivity contribution is -0.107. The van der Waals surface area contributed by atoms with E-state index in [1.54, 1.807) is 0 Å². The third-order valence-corrected chi connectivity index (χ3v) is 2.48. The number of aldehydes is 1. The number of hydrogen-bond acceptors (Lipinski definition) is 1. The summed E-state index contributed by atoms with van der Waals surface area (Å²) < 4.78 is 0. The first-order valence-corrected chi connectivity index (χ1v) is 5.17. The van der Waals surface area contributed by atoms with Gasteiger partial charge in [-0.2, -0.15) is 0 Å². The van der Waals surface area contributed by atoms with Gasteiger partial charge in [-0.3, -0.25) is 0 Å².